The zero-order valence-corrected chi connectivity index (χ0v) is 17.3. The molecule has 1 saturated carbocycles. The Kier molecular flexibility index (Phi) is 4.28. The molecule has 30 heavy (non-hydrogen) atoms. The molecular weight excluding hydrogens is 396 g/mol. The topological polar surface area (TPSA) is 75.4 Å². The van der Waals surface area contributed by atoms with Crippen LogP contribution < -0.4 is 5.32 Å². The number of nitrogens with zero attached hydrogens (tertiary/aromatic N) is 5. The highest BCUT2D eigenvalue weighted by Gasteiger charge is 2.42. The summed E-state index contributed by atoms with van der Waals surface area (Å²) in [7, 11) is 0. The highest BCUT2D eigenvalue weighted by atomic mass is 32.1. The van der Waals surface area contributed by atoms with Gasteiger partial charge in [0, 0.05) is 49.2 Å². The Labute approximate surface area is 177 Å². The number of fused-ring (bicyclic) bond motifs is 4. The molecule has 2 fully saturated rings. The Morgan fingerprint density at radius 2 is 2.07 bits per heavy atom. The molecule has 1 unspecified atom stereocenters. The first kappa shape index (κ1) is 18.0. The van der Waals surface area contributed by atoms with Gasteiger partial charge in [-0.15, -0.1) is 11.3 Å². The SMILES string of the molecule is O=C(NC1[C@@H]2CC[C@H]1CN(Cc1cnn3cccnc13)C2)c1ccc2scnc2c1. The summed E-state index contributed by atoms with van der Waals surface area (Å²) in [4.78, 5) is 24.2. The van der Waals surface area contributed by atoms with Gasteiger partial charge in [-0.2, -0.15) is 5.10 Å². The standard InChI is InChI=1S/C22H22N6OS/c29-22(14-4-5-19-18(8-14)24-13-30-19)26-20-15-2-3-16(20)11-27(10-15)12-17-9-25-28-7-1-6-23-21(17)28/h1,4-9,13,15-16,20H,2-3,10-12H2,(H,26,29)/t15-,16+,20?. The molecule has 3 atom stereocenters. The average molecular weight is 419 g/mol. The maximum Gasteiger partial charge on any atom is 0.251 e. The van der Waals surface area contributed by atoms with E-state index in [0.717, 1.165) is 41.1 Å². The minimum absolute atomic E-state index is 0.0204. The Morgan fingerprint density at radius 3 is 2.93 bits per heavy atom. The number of hydrogen-bond acceptors (Lipinski definition) is 6. The van der Waals surface area contributed by atoms with Crippen molar-refractivity contribution in [3.8, 4) is 0 Å². The van der Waals surface area contributed by atoms with Crippen molar-refractivity contribution in [1.29, 1.82) is 0 Å². The minimum Gasteiger partial charge on any atom is -0.349 e. The van der Waals surface area contributed by atoms with Gasteiger partial charge in [0.1, 0.15) is 0 Å². The van der Waals surface area contributed by atoms with E-state index >= 15 is 0 Å². The van der Waals surface area contributed by atoms with Crippen LogP contribution in [0.1, 0.15) is 28.8 Å². The maximum atomic E-state index is 12.9. The number of nitrogens with one attached hydrogen (secondary N) is 1. The van der Waals surface area contributed by atoms with E-state index in [4.69, 9.17) is 0 Å². The van der Waals surface area contributed by atoms with Gasteiger partial charge in [-0.05, 0) is 48.9 Å². The first-order valence-electron chi connectivity index (χ1n) is 10.4. The number of rotatable bonds is 4. The Balaban J connectivity index is 1.15. The molecule has 1 aliphatic carbocycles. The predicted molar refractivity (Wildman–Crippen MR) is 115 cm³/mol. The smallest absolute Gasteiger partial charge is 0.251 e. The monoisotopic (exact) mass is 418 g/mol. The number of aromatic nitrogens is 4. The van der Waals surface area contributed by atoms with Crippen molar-refractivity contribution in [3.05, 3.63) is 59.5 Å². The fourth-order valence-corrected chi connectivity index (χ4v) is 5.81. The van der Waals surface area contributed by atoms with Crippen LogP contribution in [0, 0.1) is 11.8 Å². The van der Waals surface area contributed by atoms with Gasteiger partial charge in [0.2, 0.25) is 0 Å². The summed E-state index contributed by atoms with van der Waals surface area (Å²) in [6.07, 6.45) is 8.01. The number of carbonyl (C=O) groups excluding carboxylic acids is 1. The molecule has 3 aromatic heterocycles. The molecule has 1 amide bonds. The van der Waals surface area contributed by atoms with Crippen LogP contribution in [0.2, 0.25) is 0 Å². The fraction of sp³-hybridized carbons (Fsp3) is 0.364. The largest absolute Gasteiger partial charge is 0.349 e. The zero-order valence-electron chi connectivity index (χ0n) is 16.4. The van der Waals surface area contributed by atoms with E-state index in [9.17, 15) is 4.79 Å². The first-order chi connectivity index (χ1) is 14.7. The summed E-state index contributed by atoms with van der Waals surface area (Å²) in [5.41, 5.74) is 5.51. The second-order valence-electron chi connectivity index (χ2n) is 8.38. The Bertz CT molecular complexity index is 1220. The van der Waals surface area contributed by atoms with Crippen molar-refractivity contribution in [2.75, 3.05) is 13.1 Å². The van der Waals surface area contributed by atoms with E-state index in [1.54, 1.807) is 11.3 Å². The van der Waals surface area contributed by atoms with Crippen LogP contribution in [0.25, 0.3) is 15.9 Å². The van der Waals surface area contributed by atoms with Gasteiger partial charge < -0.3 is 5.32 Å². The summed E-state index contributed by atoms with van der Waals surface area (Å²) in [6, 6.07) is 7.94. The number of benzene rings is 1. The van der Waals surface area contributed by atoms with E-state index in [1.165, 1.54) is 12.8 Å². The maximum absolute atomic E-state index is 12.9. The first-order valence-corrected chi connectivity index (χ1v) is 11.3. The van der Waals surface area contributed by atoms with Crippen molar-refractivity contribution >= 4 is 33.1 Å². The Hall–Kier alpha value is -2.84. The van der Waals surface area contributed by atoms with Crippen LogP contribution in [0.15, 0.2) is 48.4 Å². The van der Waals surface area contributed by atoms with E-state index in [-0.39, 0.29) is 11.9 Å². The summed E-state index contributed by atoms with van der Waals surface area (Å²) >= 11 is 1.60. The molecule has 4 heterocycles. The van der Waals surface area contributed by atoms with Gasteiger partial charge in [-0.1, -0.05) is 0 Å². The second-order valence-corrected chi connectivity index (χ2v) is 9.27. The lowest BCUT2D eigenvalue weighted by atomic mass is 9.91. The lowest BCUT2D eigenvalue weighted by Crippen LogP contribution is -2.52. The van der Waals surface area contributed by atoms with Crippen molar-refractivity contribution in [1.82, 2.24) is 29.8 Å². The lowest BCUT2D eigenvalue weighted by molar-refractivity contribution is 0.0825. The van der Waals surface area contributed by atoms with Crippen molar-refractivity contribution < 1.29 is 4.79 Å². The van der Waals surface area contributed by atoms with Gasteiger partial charge in [-0.3, -0.25) is 9.69 Å². The molecular formula is C22H22N6OS. The van der Waals surface area contributed by atoms with Crippen molar-refractivity contribution in [3.63, 3.8) is 0 Å². The van der Waals surface area contributed by atoms with Crippen LogP contribution in [-0.4, -0.2) is 49.5 Å². The highest BCUT2D eigenvalue weighted by Crippen LogP contribution is 2.37. The van der Waals surface area contributed by atoms with E-state index in [1.807, 2.05) is 52.9 Å². The number of piperidine rings is 1. The van der Waals surface area contributed by atoms with Gasteiger partial charge in [0.25, 0.3) is 5.91 Å². The number of amides is 1. The van der Waals surface area contributed by atoms with Crippen LogP contribution in [-0.2, 0) is 6.54 Å². The summed E-state index contributed by atoms with van der Waals surface area (Å²) in [6.45, 7) is 2.85. The van der Waals surface area contributed by atoms with Gasteiger partial charge >= 0.3 is 0 Å². The molecule has 1 aliphatic heterocycles. The third-order valence-corrected chi connectivity index (χ3v) is 7.36. The average Bonchev–Trinajstić information content (AvgIpc) is 3.45. The molecule has 2 bridgehead atoms. The zero-order chi connectivity index (χ0) is 20.1. The molecule has 152 valence electrons. The predicted octanol–water partition coefficient (Wildman–Crippen LogP) is 2.98. The molecule has 6 rings (SSSR count). The molecule has 1 N–H and O–H groups in total. The molecule has 4 aromatic rings. The third kappa shape index (κ3) is 3.07. The van der Waals surface area contributed by atoms with Gasteiger partial charge in [0.05, 0.1) is 21.9 Å². The molecule has 7 nitrogen and oxygen atoms in total. The molecule has 8 heteroatoms. The highest BCUT2D eigenvalue weighted by molar-refractivity contribution is 7.16. The van der Waals surface area contributed by atoms with Crippen molar-refractivity contribution in [2.24, 2.45) is 11.8 Å². The Morgan fingerprint density at radius 1 is 1.20 bits per heavy atom. The number of hydrogen-bond donors (Lipinski definition) is 1. The molecule has 0 spiro atoms. The lowest BCUT2D eigenvalue weighted by Gasteiger charge is -2.38. The van der Waals surface area contributed by atoms with Gasteiger partial charge in [-0.25, -0.2) is 14.5 Å². The summed E-state index contributed by atoms with van der Waals surface area (Å²) in [5, 5.41) is 7.75. The summed E-state index contributed by atoms with van der Waals surface area (Å²) in [5.74, 6) is 1.00. The van der Waals surface area contributed by atoms with E-state index < -0.39 is 0 Å². The van der Waals surface area contributed by atoms with E-state index in [0.29, 0.717) is 17.4 Å². The van der Waals surface area contributed by atoms with Gasteiger partial charge in [0.15, 0.2) is 5.65 Å². The molecule has 1 saturated heterocycles. The third-order valence-electron chi connectivity index (χ3n) is 6.55. The number of carbonyl (C=O) groups is 1. The van der Waals surface area contributed by atoms with Crippen LogP contribution in [0.5, 0.6) is 0 Å². The minimum atomic E-state index is 0.0204. The fourth-order valence-electron chi connectivity index (χ4n) is 5.15. The summed E-state index contributed by atoms with van der Waals surface area (Å²) < 4.78 is 2.94. The van der Waals surface area contributed by atoms with Crippen molar-refractivity contribution in [2.45, 2.75) is 25.4 Å². The molecule has 0 radical (unpaired) electrons. The van der Waals surface area contributed by atoms with Crippen LogP contribution in [0.4, 0.5) is 0 Å². The number of thiazole rings is 1. The second kappa shape index (κ2) is 7.14. The molecule has 2 aliphatic rings. The van der Waals surface area contributed by atoms with E-state index in [2.05, 4.69) is 25.3 Å². The van der Waals surface area contributed by atoms with Crippen LogP contribution in [0.3, 0.4) is 0 Å². The number of likely N-dealkylation sites (tertiary alicyclic amines) is 1. The quantitative estimate of drug-likeness (QED) is 0.551. The molecule has 1 aromatic carbocycles. The van der Waals surface area contributed by atoms with Crippen LogP contribution >= 0.6 is 11.3 Å². The normalized spacial score (nSPS) is 23.9.